The Hall–Kier alpha value is -1.27. The van der Waals surface area contributed by atoms with Gasteiger partial charge in [0.1, 0.15) is 11.6 Å². The third-order valence-corrected chi connectivity index (χ3v) is 4.44. The number of alkyl halides is 1. The van der Waals surface area contributed by atoms with Gasteiger partial charge in [-0.2, -0.15) is 0 Å². The number of benzene rings is 2. The van der Waals surface area contributed by atoms with Crippen LogP contribution in [0.2, 0.25) is 0 Å². The molecule has 0 fully saturated rings. The molecule has 1 heterocycles. The Kier molecular flexibility index (Phi) is 4.08. The van der Waals surface area contributed by atoms with Gasteiger partial charge in [0, 0.05) is 9.64 Å². The van der Waals surface area contributed by atoms with Crippen LogP contribution >= 0.6 is 34.2 Å². The van der Waals surface area contributed by atoms with Crippen LogP contribution in [0.5, 0.6) is 5.75 Å². The minimum absolute atomic E-state index is 0.181. The topological polar surface area (TPSA) is 27.1 Å². The molecule has 0 aliphatic carbocycles. The molecule has 0 N–H and O–H groups in total. The molecule has 1 aromatic heterocycles. The van der Waals surface area contributed by atoms with Gasteiger partial charge in [0.15, 0.2) is 0 Å². The molecule has 0 spiro atoms. The van der Waals surface area contributed by atoms with Crippen molar-refractivity contribution in [1.29, 1.82) is 0 Å². The molecule has 0 aliphatic heterocycles. The third-order valence-electron chi connectivity index (χ3n) is 3.34. The number of rotatable bonds is 3. The SMILES string of the molecule is COc1ccc2nc(C(C)Cl)n(-c3ccccc3I)c2c1. The van der Waals surface area contributed by atoms with Crippen molar-refractivity contribution in [3.8, 4) is 11.4 Å². The first kappa shape index (κ1) is 14.7. The highest BCUT2D eigenvalue weighted by molar-refractivity contribution is 14.1. The van der Waals surface area contributed by atoms with Crippen LogP contribution in [0.15, 0.2) is 42.5 Å². The molecule has 3 rings (SSSR count). The molecule has 0 aliphatic rings. The van der Waals surface area contributed by atoms with E-state index in [4.69, 9.17) is 16.3 Å². The fourth-order valence-corrected chi connectivity index (χ4v) is 3.13. The number of ether oxygens (including phenoxy) is 1. The Bertz CT molecular complexity index is 798. The number of nitrogens with zero attached hydrogens (tertiary/aromatic N) is 2. The molecule has 0 bridgehead atoms. The van der Waals surface area contributed by atoms with Crippen molar-refractivity contribution in [3.63, 3.8) is 0 Å². The molecule has 3 aromatic rings. The molecule has 21 heavy (non-hydrogen) atoms. The van der Waals surface area contributed by atoms with Gasteiger partial charge in [-0.05, 0) is 53.8 Å². The van der Waals surface area contributed by atoms with Crippen LogP contribution in [0.3, 0.4) is 0 Å². The summed E-state index contributed by atoms with van der Waals surface area (Å²) in [7, 11) is 1.67. The summed E-state index contributed by atoms with van der Waals surface area (Å²) in [6.07, 6.45) is 0. The summed E-state index contributed by atoms with van der Waals surface area (Å²) in [5.41, 5.74) is 3.00. The van der Waals surface area contributed by atoms with E-state index >= 15 is 0 Å². The lowest BCUT2D eigenvalue weighted by molar-refractivity contribution is 0.415. The smallest absolute Gasteiger partial charge is 0.132 e. The van der Waals surface area contributed by atoms with Gasteiger partial charge in [0.25, 0.3) is 0 Å². The highest BCUT2D eigenvalue weighted by atomic mass is 127. The number of para-hydroxylation sites is 1. The van der Waals surface area contributed by atoms with E-state index in [0.29, 0.717) is 0 Å². The zero-order valence-corrected chi connectivity index (χ0v) is 14.6. The second-order valence-corrected chi connectivity index (χ2v) is 6.54. The van der Waals surface area contributed by atoms with Crippen molar-refractivity contribution < 1.29 is 4.74 Å². The fourth-order valence-electron chi connectivity index (χ4n) is 2.35. The van der Waals surface area contributed by atoms with Gasteiger partial charge >= 0.3 is 0 Å². The van der Waals surface area contributed by atoms with E-state index in [2.05, 4.69) is 44.3 Å². The van der Waals surface area contributed by atoms with Crippen LogP contribution < -0.4 is 4.74 Å². The molecule has 0 saturated carbocycles. The summed E-state index contributed by atoms with van der Waals surface area (Å²) < 4.78 is 8.59. The van der Waals surface area contributed by atoms with Crippen molar-refractivity contribution in [3.05, 3.63) is 51.9 Å². The number of aromatic nitrogens is 2. The van der Waals surface area contributed by atoms with E-state index < -0.39 is 0 Å². The van der Waals surface area contributed by atoms with Crippen LogP contribution in [-0.4, -0.2) is 16.7 Å². The molecule has 1 atom stereocenters. The van der Waals surface area contributed by atoms with Gasteiger partial charge in [-0.25, -0.2) is 4.98 Å². The van der Waals surface area contributed by atoms with E-state index in [0.717, 1.165) is 31.9 Å². The summed E-state index contributed by atoms with van der Waals surface area (Å²) in [5, 5.41) is -0.181. The second kappa shape index (κ2) is 5.85. The molecule has 2 aromatic carbocycles. The summed E-state index contributed by atoms with van der Waals surface area (Å²) in [6, 6.07) is 14.1. The van der Waals surface area contributed by atoms with Gasteiger partial charge < -0.3 is 4.74 Å². The molecule has 0 radical (unpaired) electrons. The Morgan fingerprint density at radius 1 is 1.24 bits per heavy atom. The number of methoxy groups -OCH3 is 1. The molecular formula is C16H14ClIN2O. The van der Waals surface area contributed by atoms with Crippen molar-refractivity contribution in [2.24, 2.45) is 0 Å². The van der Waals surface area contributed by atoms with Crippen molar-refractivity contribution >= 4 is 45.2 Å². The first-order valence-electron chi connectivity index (χ1n) is 6.57. The monoisotopic (exact) mass is 412 g/mol. The zero-order valence-electron chi connectivity index (χ0n) is 11.7. The highest BCUT2D eigenvalue weighted by Gasteiger charge is 2.18. The number of hydrogen-bond donors (Lipinski definition) is 0. The lowest BCUT2D eigenvalue weighted by Gasteiger charge is -2.12. The molecule has 1 unspecified atom stereocenters. The molecular weight excluding hydrogens is 399 g/mol. The van der Waals surface area contributed by atoms with E-state index in [1.165, 1.54) is 0 Å². The quantitative estimate of drug-likeness (QED) is 0.450. The van der Waals surface area contributed by atoms with Crippen molar-refractivity contribution in [2.45, 2.75) is 12.3 Å². The number of halogens is 2. The number of hydrogen-bond acceptors (Lipinski definition) is 2. The van der Waals surface area contributed by atoms with Crippen LogP contribution in [0, 0.1) is 3.57 Å². The lowest BCUT2D eigenvalue weighted by atomic mass is 10.2. The van der Waals surface area contributed by atoms with Gasteiger partial charge in [-0.3, -0.25) is 4.57 Å². The molecule has 5 heteroatoms. The normalized spacial score (nSPS) is 12.6. The van der Waals surface area contributed by atoms with Gasteiger partial charge in [-0.15, -0.1) is 11.6 Å². The Labute approximate surface area is 142 Å². The Morgan fingerprint density at radius 2 is 2.00 bits per heavy atom. The number of imidazole rings is 1. The number of fused-ring (bicyclic) bond motifs is 1. The molecule has 0 saturated heterocycles. The van der Waals surface area contributed by atoms with E-state index in [9.17, 15) is 0 Å². The maximum absolute atomic E-state index is 6.34. The largest absolute Gasteiger partial charge is 0.497 e. The molecule has 0 amide bonds. The van der Waals surface area contributed by atoms with Crippen molar-refractivity contribution in [2.75, 3.05) is 7.11 Å². The Balaban J connectivity index is 2.37. The average Bonchev–Trinajstić information content (AvgIpc) is 2.86. The molecule has 108 valence electrons. The van der Waals surface area contributed by atoms with Crippen molar-refractivity contribution in [1.82, 2.24) is 9.55 Å². The minimum Gasteiger partial charge on any atom is -0.497 e. The highest BCUT2D eigenvalue weighted by Crippen LogP contribution is 2.31. The summed E-state index contributed by atoms with van der Waals surface area (Å²) in [6.45, 7) is 1.94. The Morgan fingerprint density at radius 3 is 2.67 bits per heavy atom. The maximum Gasteiger partial charge on any atom is 0.132 e. The zero-order chi connectivity index (χ0) is 15.0. The fraction of sp³-hybridized carbons (Fsp3) is 0.188. The van der Waals surface area contributed by atoms with E-state index in [1.54, 1.807) is 7.11 Å². The second-order valence-electron chi connectivity index (χ2n) is 4.73. The third kappa shape index (κ3) is 2.62. The predicted octanol–water partition coefficient (Wildman–Crippen LogP) is 4.94. The average molecular weight is 413 g/mol. The summed E-state index contributed by atoms with van der Waals surface area (Å²) in [5.74, 6) is 1.65. The maximum atomic E-state index is 6.34. The van der Waals surface area contributed by atoms with Crippen LogP contribution in [0.25, 0.3) is 16.7 Å². The van der Waals surface area contributed by atoms with Gasteiger partial charge in [0.2, 0.25) is 0 Å². The predicted molar refractivity (Wildman–Crippen MR) is 94.6 cm³/mol. The lowest BCUT2D eigenvalue weighted by Crippen LogP contribution is -2.03. The van der Waals surface area contributed by atoms with E-state index in [1.807, 2.05) is 37.3 Å². The van der Waals surface area contributed by atoms with Crippen LogP contribution in [0.4, 0.5) is 0 Å². The van der Waals surface area contributed by atoms with Gasteiger partial charge in [0.05, 0.1) is 29.2 Å². The van der Waals surface area contributed by atoms with Crippen LogP contribution in [-0.2, 0) is 0 Å². The van der Waals surface area contributed by atoms with E-state index in [-0.39, 0.29) is 5.38 Å². The van der Waals surface area contributed by atoms with Gasteiger partial charge in [-0.1, -0.05) is 12.1 Å². The summed E-state index contributed by atoms with van der Waals surface area (Å²) in [4.78, 5) is 4.68. The first-order chi connectivity index (χ1) is 10.1. The minimum atomic E-state index is -0.181. The van der Waals surface area contributed by atoms with Crippen LogP contribution in [0.1, 0.15) is 18.1 Å². The molecule has 3 nitrogen and oxygen atoms in total. The standard InChI is InChI=1S/C16H14ClIN2O/c1-10(17)16-19-13-8-7-11(21-2)9-15(13)20(16)14-6-4-3-5-12(14)18/h3-10H,1-2H3. The first-order valence-corrected chi connectivity index (χ1v) is 8.08. The summed E-state index contributed by atoms with van der Waals surface area (Å²) >= 11 is 8.67.